The van der Waals surface area contributed by atoms with E-state index in [0.29, 0.717) is 16.3 Å². The quantitative estimate of drug-likeness (QED) is 0.665. The molecule has 1 aliphatic rings. The van der Waals surface area contributed by atoms with E-state index in [-0.39, 0.29) is 11.8 Å². The van der Waals surface area contributed by atoms with Crippen molar-refractivity contribution >= 4 is 28.2 Å². The lowest BCUT2D eigenvalue weighted by Gasteiger charge is -2.27. The predicted octanol–water partition coefficient (Wildman–Crippen LogP) is 5.00. The van der Waals surface area contributed by atoms with Gasteiger partial charge in [0.05, 0.1) is 5.56 Å². The minimum atomic E-state index is -0.306. The second-order valence-electron chi connectivity index (χ2n) is 7.15. The van der Waals surface area contributed by atoms with Gasteiger partial charge in [-0.3, -0.25) is 14.6 Å². The summed E-state index contributed by atoms with van der Waals surface area (Å²) < 4.78 is 0. The topological polar surface area (TPSA) is 62.3 Å². The number of rotatable bonds is 4. The van der Waals surface area contributed by atoms with E-state index in [1.165, 1.54) is 11.3 Å². The van der Waals surface area contributed by atoms with E-state index in [1.54, 1.807) is 24.4 Å². The molecule has 2 amide bonds. The molecule has 0 bridgehead atoms. The summed E-state index contributed by atoms with van der Waals surface area (Å²) in [5, 5.41) is 3.54. The number of nitrogens with zero attached hydrogens (tertiary/aromatic N) is 2. The molecule has 148 valence electrons. The normalized spacial score (nSPS) is 13.9. The molecule has 29 heavy (non-hydrogen) atoms. The molecule has 0 radical (unpaired) electrons. The van der Waals surface area contributed by atoms with Crippen LogP contribution in [0.1, 0.15) is 45.7 Å². The number of carbonyl (C=O) groups excluding carboxylic acids is 2. The monoisotopic (exact) mass is 405 g/mol. The van der Waals surface area contributed by atoms with Crippen LogP contribution in [0.4, 0.5) is 5.00 Å². The van der Waals surface area contributed by atoms with Crippen molar-refractivity contribution < 1.29 is 9.59 Å². The van der Waals surface area contributed by atoms with E-state index in [9.17, 15) is 9.59 Å². The van der Waals surface area contributed by atoms with Gasteiger partial charge in [-0.1, -0.05) is 36.4 Å². The largest absolute Gasteiger partial charge is 0.339 e. The smallest absolute Gasteiger partial charge is 0.274 e. The van der Waals surface area contributed by atoms with Gasteiger partial charge in [0.1, 0.15) is 10.7 Å². The van der Waals surface area contributed by atoms with Crippen LogP contribution >= 0.6 is 11.3 Å². The zero-order valence-electron chi connectivity index (χ0n) is 16.4. The molecule has 0 aliphatic carbocycles. The maximum atomic E-state index is 13.4. The van der Waals surface area contributed by atoms with Crippen LogP contribution in [0.3, 0.4) is 0 Å². The van der Waals surface area contributed by atoms with Crippen LogP contribution in [0.5, 0.6) is 0 Å². The molecular weight excluding hydrogens is 382 g/mol. The molecule has 0 spiro atoms. The predicted molar refractivity (Wildman–Crippen MR) is 116 cm³/mol. The molecule has 0 atom stereocenters. The summed E-state index contributed by atoms with van der Waals surface area (Å²) in [5.74, 6) is -0.309. The van der Waals surface area contributed by atoms with Crippen molar-refractivity contribution in [3.8, 4) is 10.4 Å². The zero-order valence-corrected chi connectivity index (χ0v) is 17.2. The van der Waals surface area contributed by atoms with E-state index in [2.05, 4.69) is 10.3 Å². The Labute approximate surface area is 174 Å². The first-order chi connectivity index (χ1) is 14.1. The van der Waals surface area contributed by atoms with Crippen molar-refractivity contribution in [2.45, 2.75) is 26.2 Å². The average molecular weight is 406 g/mol. The van der Waals surface area contributed by atoms with E-state index < -0.39 is 0 Å². The number of benzene rings is 1. The fourth-order valence-corrected chi connectivity index (χ4v) is 4.84. The highest BCUT2D eigenvalue weighted by atomic mass is 32.1. The molecule has 6 heteroatoms. The van der Waals surface area contributed by atoms with Crippen LogP contribution in [0.25, 0.3) is 10.4 Å². The van der Waals surface area contributed by atoms with E-state index >= 15 is 0 Å². The maximum absolute atomic E-state index is 13.4. The highest BCUT2D eigenvalue weighted by molar-refractivity contribution is 7.20. The van der Waals surface area contributed by atoms with Crippen molar-refractivity contribution in [3.05, 3.63) is 71.5 Å². The molecule has 2 aromatic heterocycles. The van der Waals surface area contributed by atoms with Gasteiger partial charge in [0, 0.05) is 24.2 Å². The summed E-state index contributed by atoms with van der Waals surface area (Å²) in [4.78, 5) is 33.1. The number of hydrogen-bond donors (Lipinski definition) is 1. The number of pyridine rings is 1. The number of nitrogens with one attached hydrogen (secondary N) is 1. The first kappa shape index (κ1) is 19.3. The lowest BCUT2D eigenvalue weighted by Crippen LogP contribution is -2.36. The minimum absolute atomic E-state index is 0.00282. The van der Waals surface area contributed by atoms with Crippen molar-refractivity contribution in [3.63, 3.8) is 0 Å². The number of thiophene rings is 1. The van der Waals surface area contributed by atoms with Gasteiger partial charge in [0.15, 0.2) is 0 Å². The Hall–Kier alpha value is -2.99. The Morgan fingerprint density at radius 1 is 1.00 bits per heavy atom. The minimum Gasteiger partial charge on any atom is -0.339 e. The average Bonchev–Trinajstić information content (AvgIpc) is 3.10. The van der Waals surface area contributed by atoms with Crippen molar-refractivity contribution in [1.82, 2.24) is 9.88 Å². The van der Waals surface area contributed by atoms with Crippen LogP contribution in [0.2, 0.25) is 0 Å². The summed E-state index contributed by atoms with van der Waals surface area (Å²) in [6, 6.07) is 15.2. The van der Waals surface area contributed by atoms with E-state index in [0.717, 1.165) is 48.4 Å². The van der Waals surface area contributed by atoms with Crippen LogP contribution in [0, 0.1) is 6.92 Å². The lowest BCUT2D eigenvalue weighted by molar-refractivity contribution is 0.0725. The molecule has 0 unspecified atom stereocenters. The van der Waals surface area contributed by atoms with Crippen LogP contribution in [-0.4, -0.2) is 34.8 Å². The fourth-order valence-electron chi connectivity index (χ4n) is 3.64. The van der Waals surface area contributed by atoms with Crippen LogP contribution in [-0.2, 0) is 0 Å². The Bertz CT molecular complexity index is 1010. The number of amides is 2. The molecule has 1 N–H and O–H groups in total. The highest BCUT2D eigenvalue weighted by Gasteiger charge is 2.28. The summed E-state index contributed by atoms with van der Waals surface area (Å²) in [7, 11) is 0. The molecular formula is C23H23N3O2S. The summed E-state index contributed by atoms with van der Waals surface area (Å²) in [6.45, 7) is 3.50. The van der Waals surface area contributed by atoms with Gasteiger partial charge in [-0.05, 0) is 49.4 Å². The summed E-state index contributed by atoms with van der Waals surface area (Å²) in [6.07, 6.45) is 4.79. The van der Waals surface area contributed by atoms with Crippen molar-refractivity contribution in [1.29, 1.82) is 0 Å². The summed E-state index contributed by atoms with van der Waals surface area (Å²) >= 11 is 1.45. The molecule has 1 aliphatic heterocycles. The van der Waals surface area contributed by atoms with Gasteiger partial charge < -0.3 is 10.2 Å². The highest BCUT2D eigenvalue weighted by Crippen LogP contribution is 2.40. The Balaban J connectivity index is 1.73. The number of hydrogen-bond acceptors (Lipinski definition) is 4. The third kappa shape index (κ3) is 4.07. The number of likely N-dealkylation sites (tertiary alicyclic amines) is 1. The van der Waals surface area contributed by atoms with Gasteiger partial charge in [-0.15, -0.1) is 11.3 Å². The summed E-state index contributed by atoms with van der Waals surface area (Å²) in [5.41, 5.74) is 2.88. The first-order valence-corrected chi connectivity index (χ1v) is 10.7. The fraction of sp³-hybridized carbons (Fsp3) is 0.261. The third-order valence-corrected chi connectivity index (χ3v) is 6.42. The van der Waals surface area contributed by atoms with Crippen LogP contribution in [0.15, 0.2) is 54.7 Å². The number of carbonyl (C=O) groups is 2. The maximum Gasteiger partial charge on any atom is 0.274 e. The number of anilines is 1. The van der Waals surface area contributed by atoms with E-state index in [4.69, 9.17) is 0 Å². The Morgan fingerprint density at radius 3 is 2.41 bits per heavy atom. The van der Waals surface area contributed by atoms with E-state index in [1.807, 2.05) is 42.2 Å². The van der Waals surface area contributed by atoms with Gasteiger partial charge >= 0.3 is 0 Å². The molecule has 3 heterocycles. The zero-order chi connectivity index (χ0) is 20.2. The lowest BCUT2D eigenvalue weighted by atomic mass is 10.0. The molecule has 5 nitrogen and oxygen atoms in total. The molecule has 0 saturated carbocycles. The number of aromatic nitrogens is 1. The van der Waals surface area contributed by atoms with Crippen molar-refractivity contribution in [2.75, 3.05) is 18.4 Å². The molecule has 1 aromatic carbocycles. The van der Waals surface area contributed by atoms with Crippen LogP contribution < -0.4 is 5.32 Å². The van der Waals surface area contributed by atoms with Gasteiger partial charge in [-0.25, -0.2) is 0 Å². The Kier molecular flexibility index (Phi) is 5.71. The Morgan fingerprint density at radius 2 is 1.72 bits per heavy atom. The molecule has 4 rings (SSSR count). The van der Waals surface area contributed by atoms with Gasteiger partial charge in [0.25, 0.3) is 11.8 Å². The number of piperidine rings is 1. The SMILES string of the molecule is Cc1c(-c2ccccc2)sc(NC(=O)c2ccccn2)c1C(=O)N1CCCCC1. The van der Waals surface area contributed by atoms with Gasteiger partial charge in [0.2, 0.25) is 0 Å². The second-order valence-corrected chi connectivity index (χ2v) is 8.17. The van der Waals surface area contributed by atoms with Gasteiger partial charge in [-0.2, -0.15) is 0 Å². The first-order valence-electron chi connectivity index (χ1n) is 9.85. The third-order valence-electron chi connectivity index (χ3n) is 5.16. The second kappa shape index (κ2) is 8.57. The standard InChI is InChI=1S/C23H23N3O2S/c1-16-19(23(28)26-14-8-3-9-15-26)22(25-21(27)18-12-6-7-13-24-18)29-20(16)17-10-4-2-5-11-17/h2,4-7,10-13H,3,8-9,14-15H2,1H3,(H,25,27). The molecule has 3 aromatic rings. The molecule has 1 saturated heterocycles. The molecule has 1 fully saturated rings. The van der Waals surface area contributed by atoms with Crippen molar-refractivity contribution in [2.24, 2.45) is 0 Å².